The molecule has 0 aliphatic heterocycles. The molecule has 0 amide bonds. The maximum absolute atomic E-state index is 5.94. The Kier molecular flexibility index (Phi) is 3.32. The second-order valence-corrected chi connectivity index (χ2v) is 6.58. The van der Waals surface area contributed by atoms with E-state index in [0.29, 0.717) is 0 Å². The Labute approximate surface area is 134 Å². The van der Waals surface area contributed by atoms with Gasteiger partial charge >= 0.3 is 0 Å². The van der Waals surface area contributed by atoms with Crippen molar-refractivity contribution in [2.45, 2.75) is 12.8 Å². The molecule has 3 aromatic rings. The van der Waals surface area contributed by atoms with Crippen molar-refractivity contribution in [3.63, 3.8) is 0 Å². The predicted octanol–water partition coefficient (Wildman–Crippen LogP) is 5.02. The van der Waals surface area contributed by atoms with Gasteiger partial charge in [-0.3, -0.25) is 0 Å². The number of benzene rings is 2. The number of anilines is 1. The molecule has 0 saturated heterocycles. The molecule has 0 radical (unpaired) electrons. The Balaban J connectivity index is 1.95. The third-order valence-corrected chi connectivity index (χ3v) is 5.17. The SMILES string of the molecule is Nc1cccc(C=C2c3ccccc3CCc3ccsc32)c1. The molecule has 22 heavy (non-hydrogen) atoms. The topological polar surface area (TPSA) is 26.0 Å². The summed E-state index contributed by atoms with van der Waals surface area (Å²) in [6.45, 7) is 0. The lowest BCUT2D eigenvalue weighted by molar-refractivity contribution is 0.970. The maximum atomic E-state index is 5.94. The number of hydrogen-bond acceptors (Lipinski definition) is 2. The molecule has 1 aliphatic carbocycles. The fraction of sp³-hybridized carbons (Fsp3) is 0.100. The van der Waals surface area contributed by atoms with Gasteiger partial charge < -0.3 is 5.73 Å². The van der Waals surface area contributed by atoms with Gasteiger partial charge in [0, 0.05) is 16.1 Å². The van der Waals surface area contributed by atoms with Gasteiger partial charge in [0.25, 0.3) is 0 Å². The second-order valence-electron chi connectivity index (χ2n) is 5.66. The number of thiophene rings is 1. The van der Waals surface area contributed by atoms with Gasteiger partial charge in [-0.1, -0.05) is 36.4 Å². The van der Waals surface area contributed by atoms with E-state index in [-0.39, 0.29) is 0 Å². The van der Waals surface area contributed by atoms with Crippen molar-refractivity contribution < 1.29 is 0 Å². The molecule has 1 aromatic heterocycles. The van der Waals surface area contributed by atoms with Crippen LogP contribution in [0.3, 0.4) is 0 Å². The summed E-state index contributed by atoms with van der Waals surface area (Å²) in [4.78, 5) is 1.40. The summed E-state index contributed by atoms with van der Waals surface area (Å²) in [5.74, 6) is 0. The first-order valence-corrected chi connectivity index (χ1v) is 8.41. The minimum atomic E-state index is 0.808. The van der Waals surface area contributed by atoms with Crippen LogP contribution in [0.4, 0.5) is 5.69 Å². The summed E-state index contributed by atoms with van der Waals surface area (Å²) in [5.41, 5.74) is 13.5. The highest BCUT2D eigenvalue weighted by molar-refractivity contribution is 7.11. The van der Waals surface area contributed by atoms with Crippen LogP contribution in [-0.4, -0.2) is 0 Å². The Morgan fingerprint density at radius 2 is 1.77 bits per heavy atom. The molecule has 0 spiro atoms. The molecule has 2 aromatic carbocycles. The van der Waals surface area contributed by atoms with E-state index in [2.05, 4.69) is 47.9 Å². The molecule has 1 aliphatic rings. The lowest BCUT2D eigenvalue weighted by Gasteiger charge is -2.10. The van der Waals surface area contributed by atoms with E-state index in [1.807, 2.05) is 29.5 Å². The zero-order valence-electron chi connectivity index (χ0n) is 12.3. The molecule has 4 rings (SSSR count). The quantitative estimate of drug-likeness (QED) is 0.628. The minimum Gasteiger partial charge on any atom is -0.399 e. The van der Waals surface area contributed by atoms with E-state index in [1.54, 1.807) is 0 Å². The number of rotatable bonds is 1. The average molecular weight is 303 g/mol. The van der Waals surface area contributed by atoms with Crippen molar-refractivity contribution in [1.29, 1.82) is 0 Å². The molecular weight excluding hydrogens is 286 g/mol. The van der Waals surface area contributed by atoms with E-state index < -0.39 is 0 Å². The monoisotopic (exact) mass is 303 g/mol. The number of aryl methyl sites for hydroxylation is 2. The van der Waals surface area contributed by atoms with Crippen molar-refractivity contribution in [2.75, 3.05) is 5.73 Å². The van der Waals surface area contributed by atoms with Gasteiger partial charge in [-0.25, -0.2) is 0 Å². The number of nitrogen functional groups attached to an aromatic ring is 1. The van der Waals surface area contributed by atoms with Crippen molar-refractivity contribution in [3.05, 3.63) is 87.1 Å². The van der Waals surface area contributed by atoms with Crippen LogP contribution in [0.5, 0.6) is 0 Å². The summed E-state index contributed by atoms with van der Waals surface area (Å²) >= 11 is 1.83. The fourth-order valence-corrected chi connectivity index (χ4v) is 4.11. The largest absolute Gasteiger partial charge is 0.399 e. The molecular formula is C20H17NS. The zero-order valence-corrected chi connectivity index (χ0v) is 13.1. The van der Waals surface area contributed by atoms with Crippen LogP contribution in [0.25, 0.3) is 11.6 Å². The van der Waals surface area contributed by atoms with Crippen molar-refractivity contribution in [1.82, 2.24) is 0 Å². The molecule has 2 N–H and O–H groups in total. The van der Waals surface area contributed by atoms with E-state index in [1.165, 1.54) is 27.1 Å². The van der Waals surface area contributed by atoms with E-state index in [0.717, 1.165) is 24.1 Å². The maximum Gasteiger partial charge on any atom is 0.0381 e. The Hall–Kier alpha value is -2.32. The van der Waals surface area contributed by atoms with E-state index in [4.69, 9.17) is 5.73 Å². The molecule has 0 fully saturated rings. The summed E-state index contributed by atoms with van der Waals surface area (Å²) < 4.78 is 0. The minimum absolute atomic E-state index is 0.808. The first kappa shape index (κ1) is 13.4. The summed E-state index contributed by atoms with van der Waals surface area (Å²) in [7, 11) is 0. The third-order valence-electron chi connectivity index (χ3n) is 4.18. The van der Waals surface area contributed by atoms with Gasteiger partial charge in [0.1, 0.15) is 0 Å². The number of nitrogens with two attached hydrogens (primary N) is 1. The van der Waals surface area contributed by atoms with Crippen LogP contribution in [0.15, 0.2) is 60.0 Å². The Bertz CT molecular complexity index is 857. The highest BCUT2D eigenvalue weighted by Gasteiger charge is 2.18. The lowest BCUT2D eigenvalue weighted by Crippen LogP contribution is -1.91. The van der Waals surface area contributed by atoms with Gasteiger partial charge in [-0.2, -0.15) is 0 Å². The standard InChI is InChI=1S/C20H17NS/c21-17-6-3-4-14(12-17)13-19-18-7-2-1-5-15(18)8-9-16-10-11-22-20(16)19/h1-7,10-13H,8-9,21H2. The summed E-state index contributed by atoms with van der Waals surface area (Å²) in [5, 5.41) is 2.20. The average Bonchev–Trinajstić information content (AvgIpc) is 2.94. The molecule has 0 bridgehead atoms. The van der Waals surface area contributed by atoms with Gasteiger partial charge in [0.2, 0.25) is 0 Å². The highest BCUT2D eigenvalue weighted by Crippen LogP contribution is 2.37. The molecule has 0 atom stereocenters. The number of fused-ring (bicyclic) bond motifs is 2. The first-order valence-electron chi connectivity index (χ1n) is 7.53. The molecule has 2 heteroatoms. The normalized spacial score (nSPS) is 15.2. The van der Waals surface area contributed by atoms with Gasteiger partial charge in [-0.05, 0) is 64.8 Å². The molecule has 0 unspecified atom stereocenters. The van der Waals surface area contributed by atoms with Crippen LogP contribution < -0.4 is 5.73 Å². The van der Waals surface area contributed by atoms with Crippen molar-refractivity contribution in [2.24, 2.45) is 0 Å². The van der Waals surface area contributed by atoms with Crippen LogP contribution in [0.1, 0.15) is 27.1 Å². The van der Waals surface area contributed by atoms with Crippen LogP contribution in [0, 0.1) is 0 Å². The van der Waals surface area contributed by atoms with Gasteiger partial charge in [0.15, 0.2) is 0 Å². The molecule has 1 nitrogen and oxygen atoms in total. The fourth-order valence-electron chi connectivity index (χ4n) is 3.12. The van der Waals surface area contributed by atoms with E-state index >= 15 is 0 Å². The van der Waals surface area contributed by atoms with Gasteiger partial charge in [0.05, 0.1) is 0 Å². The van der Waals surface area contributed by atoms with E-state index in [9.17, 15) is 0 Å². The third kappa shape index (κ3) is 2.36. The van der Waals surface area contributed by atoms with Crippen LogP contribution in [0.2, 0.25) is 0 Å². The smallest absolute Gasteiger partial charge is 0.0381 e. The highest BCUT2D eigenvalue weighted by atomic mass is 32.1. The molecule has 108 valence electrons. The van der Waals surface area contributed by atoms with Crippen molar-refractivity contribution in [3.8, 4) is 0 Å². The van der Waals surface area contributed by atoms with Crippen LogP contribution in [-0.2, 0) is 12.8 Å². The van der Waals surface area contributed by atoms with Gasteiger partial charge in [-0.15, -0.1) is 11.3 Å². The van der Waals surface area contributed by atoms with Crippen molar-refractivity contribution >= 4 is 28.7 Å². The molecule has 0 saturated carbocycles. The predicted molar refractivity (Wildman–Crippen MR) is 96.0 cm³/mol. The number of hydrogen-bond donors (Lipinski definition) is 1. The summed E-state index contributed by atoms with van der Waals surface area (Å²) in [6.07, 6.45) is 4.49. The lowest BCUT2D eigenvalue weighted by atomic mass is 9.97. The Morgan fingerprint density at radius 3 is 2.68 bits per heavy atom. The molecule has 1 heterocycles. The Morgan fingerprint density at radius 1 is 0.909 bits per heavy atom. The first-order chi connectivity index (χ1) is 10.8. The second kappa shape index (κ2) is 5.47. The summed E-state index contributed by atoms with van der Waals surface area (Å²) in [6, 6.07) is 19.1. The zero-order chi connectivity index (χ0) is 14.9. The van der Waals surface area contributed by atoms with Crippen LogP contribution >= 0.6 is 11.3 Å².